The molecule has 1 heterocycles. The number of benzene rings is 1. The van der Waals surface area contributed by atoms with Gasteiger partial charge in [-0.05, 0) is 38.8 Å². The molecule has 4 nitrogen and oxygen atoms in total. The summed E-state index contributed by atoms with van der Waals surface area (Å²) in [5.74, 6) is -0.0477. The third-order valence-electron chi connectivity index (χ3n) is 3.53. The molecule has 0 radical (unpaired) electrons. The van der Waals surface area contributed by atoms with E-state index in [0.29, 0.717) is 12.1 Å². The molecule has 0 aliphatic carbocycles. The number of hydrogen-bond acceptors (Lipinski definition) is 2. The smallest absolute Gasteiger partial charge is 0.268 e. The minimum atomic E-state index is -0.0477. The van der Waals surface area contributed by atoms with Crippen LogP contribution < -0.4 is 5.32 Å². The quantitative estimate of drug-likeness (QED) is 0.850. The van der Waals surface area contributed by atoms with Gasteiger partial charge in [0.05, 0.1) is 0 Å². The van der Waals surface area contributed by atoms with E-state index in [9.17, 15) is 4.79 Å². The summed E-state index contributed by atoms with van der Waals surface area (Å²) in [5, 5.41) is 12.9. The highest BCUT2D eigenvalue weighted by atomic mass is 16.3. The van der Waals surface area contributed by atoms with E-state index in [0.717, 1.165) is 23.9 Å². The van der Waals surface area contributed by atoms with Crippen LogP contribution >= 0.6 is 0 Å². The number of nitrogens with one attached hydrogen (secondary N) is 1. The van der Waals surface area contributed by atoms with Gasteiger partial charge in [-0.25, -0.2) is 0 Å². The molecule has 4 heteroatoms. The van der Waals surface area contributed by atoms with Crippen LogP contribution in [0.4, 0.5) is 0 Å². The summed E-state index contributed by atoms with van der Waals surface area (Å²) in [6, 6.07) is 10.0. The average Bonchev–Trinajstić information content (AvgIpc) is 2.83. The van der Waals surface area contributed by atoms with Crippen molar-refractivity contribution in [2.45, 2.75) is 39.3 Å². The summed E-state index contributed by atoms with van der Waals surface area (Å²) in [5.41, 5.74) is 1.78. The highest BCUT2D eigenvalue weighted by Crippen LogP contribution is 2.19. The van der Waals surface area contributed by atoms with Gasteiger partial charge in [0, 0.05) is 30.1 Å². The molecule has 2 aromatic rings. The monoisotopic (exact) mass is 274 g/mol. The maximum Gasteiger partial charge on any atom is 0.268 e. The molecule has 0 fully saturated rings. The fourth-order valence-corrected chi connectivity index (χ4v) is 2.51. The number of hydrogen-bond donors (Lipinski definition) is 2. The third kappa shape index (κ3) is 3.02. The SMILES string of the molecule is CCn1c(C(=O)NC(C)CCCO)cc2ccccc21. The van der Waals surface area contributed by atoms with Crippen molar-refractivity contribution in [2.24, 2.45) is 0 Å². The number of carbonyl (C=O) groups is 1. The first kappa shape index (κ1) is 14.6. The Morgan fingerprint density at radius 1 is 1.40 bits per heavy atom. The van der Waals surface area contributed by atoms with Crippen molar-refractivity contribution in [1.29, 1.82) is 0 Å². The number of rotatable bonds is 6. The summed E-state index contributed by atoms with van der Waals surface area (Å²) >= 11 is 0. The summed E-state index contributed by atoms with van der Waals surface area (Å²) in [4.78, 5) is 12.4. The van der Waals surface area contributed by atoms with E-state index in [1.54, 1.807) is 0 Å². The molecule has 1 aromatic heterocycles. The average molecular weight is 274 g/mol. The Morgan fingerprint density at radius 2 is 2.15 bits per heavy atom. The normalized spacial score (nSPS) is 12.6. The standard InChI is InChI=1S/C16H22N2O2/c1-3-18-14-9-5-4-8-13(14)11-15(18)16(20)17-12(2)7-6-10-19/h4-5,8-9,11-12,19H,3,6-7,10H2,1-2H3,(H,17,20). The molecule has 0 saturated carbocycles. The van der Waals surface area contributed by atoms with E-state index in [1.807, 2.05) is 48.7 Å². The molecule has 0 saturated heterocycles. The fraction of sp³-hybridized carbons (Fsp3) is 0.438. The molecule has 0 spiro atoms. The number of aryl methyl sites for hydroxylation is 1. The number of para-hydroxylation sites is 1. The number of aromatic nitrogens is 1. The van der Waals surface area contributed by atoms with Crippen molar-refractivity contribution in [1.82, 2.24) is 9.88 Å². The lowest BCUT2D eigenvalue weighted by atomic mass is 10.2. The van der Waals surface area contributed by atoms with Gasteiger partial charge in [-0.2, -0.15) is 0 Å². The van der Waals surface area contributed by atoms with Crippen LogP contribution in [0.5, 0.6) is 0 Å². The number of aliphatic hydroxyl groups excluding tert-OH is 1. The maximum absolute atomic E-state index is 12.4. The molecule has 108 valence electrons. The van der Waals surface area contributed by atoms with Gasteiger partial charge in [-0.1, -0.05) is 18.2 Å². The highest BCUT2D eigenvalue weighted by molar-refractivity contribution is 5.98. The van der Waals surface area contributed by atoms with Gasteiger partial charge in [0.1, 0.15) is 5.69 Å². The Balaban J connectivity index is 2.21. The molecule has 2 N–H and O–H groups in total. The molecular weight excluding hydrogens is 252 g/mol. The zero-order valence-corrected chi connectivity index (χ0v) is 12.1. The molecule has 0 aliphatic heterocycles. The number of nitrogens with zero attached hydrogens (tertiary/aromatic N) is 1. The predicted molar refractivity (Wildman–Crippen MR) is 80.9 cm³/mol. The molecule has 1 atom stereocenters. The summed E-state index contributed by atoms with van der Waals surface area (Å²) < 4.78 is 2.03. The summed E-state index contributed by atoms with van der Waals surface area (Å²) in [6.07, 6.45) is 1.49. The van der Waals surface area contributed by atoms with Crippen LogP contribution in [0.2, 0.25) is 0 Å². The van der Waals surface area contributed by atoms with Crippen LogP contribution in [0, 0.1) is 0 Å². The van der Waals surface area contributed by atoms with Crippen LogP contribution in [-0.2, 0) is 6.54 Å². The maximum atomic E-state index is 12.4. The van der Waals surface area contributed by atoms with Crippen LogP contribution in [0.25, 0.3) is 10.9 Å². The molecule has 0 bridgehead atoms. The Morgan fingerprint density at radius 3 is 2.85 bits per heavy atom. The largest absolute Gasteiger partial charge is 0.396 e. The predicted octanol–water partition coefficient (Wildman–Crippen LogP) is 2.55. The van der Waals surface area contributed by atoms with Crippen LogP contribution in [0.1, 0.15) is 37.2 Å². The second kappa shape index (κ2) is 6.57. The lowest BCUT2D eigenvalue weighted by Gasteiger charge is -2.14. The Kier molecular flexibility index (Phi) is 4.79. The van der Waals surface area contributed by atoms with Crippen molar-refractivity contribution in [2.75, 3.05) is 6.61 Å². The highest BCUT2D eigenvalue weighted by Gasteiger charge is 2.16. The Hall–Kier alpha value is -1.81. The van der Waals surface area contributed by atoms with E-state index in [2.05, 4.69) is 5.32 Å². The van der Waals surface area contributed by atoms with E-state index >= 15 is 0 Å². The first-order chi connectivity index (χ1) is 9.67. The molecular formula is C16H22N2O2. The molecule has 2 rings (SSSR count). The topological polar surface area (TPSA) is 54.3 Å². The van der Waals surface area contributed by atoms with Gasteiger partial charge in [0.25, 0.3) is 5.91 Å². The van der Waals surface area contributed by atoms with Gasteiger partial charge in [-0.15, -0.1) is 0 Å². The number of carbonyl (C=O) groups excluding carboxylic acids is 1. The van der Waals surface area contributed by atoms with Gasteiger partial charge >= 0.3 is 0 Å². The first-order valence-corrected chi connectivity index (χ1v) is 7.17. The second-order valence-electron chi connectivity index (χ2n) is 5.07. The zero-order chi connectivity index (χ0) is 14.5. The van der Waals surface area contributed by atoms with Gasteiger partial charge < -0.3 is 15.0 Å². The Bertz CT molecular complexity index is 589. The van der Waals surface area contributed by atoms with E-state index in [1.165, 1.54) is 0 Å². The lowest BCUT2D eigenvalue weighted by Crippen LogP contribution is -2.34. The number of aliphatic hydroxyl groups is 1. The van der Waals surface area contributed by atoms with E-state index < -0.39 is 0 Å². The molecule has 1 amide bonds. The minimum Gasteiger partial charge on any atom is -0.396 e. The summed E-state index contributed by atoms with van der Waals surface area (Å²) in [6.45, 7) is 4.93. The van der Waals surface area contributed by atoms with Crippen LogP contribution in [-0.4, -0.2) is 28.2 Å². The second-order valence-corrected chi connectivity index (χ2v) is 5.07. The number of amides is 1. The van der Waals surface area contributed by atoms with Gasteiger partial charge in [-0.3, -0.25) is 4.79 Å². The van der Waals surface area contributed by atoms with Crippen LogP contribution in [0.3, 0.4) is 0 Å². The van der Waals surface area contributed by atoms with Gasteiger partial charge in [0.2, 0.25) is 0 Å². The van der Waals surface area contributed by atoms with Gasteiger partial charge in [0.15, 0.2) is 0 Å². The molecule has 0 aliphatic rings. The molecule has 1 unspecified atom stereocenters. The molecule has 1 aromatic carbocycles. The fourth-order valence-electron chi connectivity index (χ4n) is 2.51. The zero-order valence-electron chi connectivity index (χ0n) is 12.1. The van der Waals surface area contributed by atoms with Crippen molar-refractivity contribution in [3.8, 4) is 0 Å². The van der Waals surface area contributed by atoms with Crippen molar-refractivity contribution >= 4 is 16.8 Å². The number of fused-ring (bicyclic) bond motifs is 1. The molecule has 20 heavy (non-hydrogen) atoms. The van der Waals surface area contributed by atoms with E-state index in [4.69, 9.17) is 5.11 Å². The van der Waals surface area contributed by atoms with E-state index in [-0.39, 0.29) is 18.6 Å². The van der Waals surface area contributed by atoms with Crippen LogP contribution in [0.15, 0.2) is 30.3 Å². The van der Waals surface area contributed by atoms with Crippen molar-refractivity contribution in [3.63, 3.8) is 0 Å². The summed E-state index contributed by atoms with van der Waals surface area (Å²) in [7, 11) is 0. The van der Waals surface area contributed by atoms with Crippen molar-refractivity contribution < 1.29 is 9.90 Å². The Labute approximate surface area is 119 Å². The first-order valence-electron chi connectivity index (χ1n) is 7.17. The lowest BCUT2D eigenvalue weighted by molar-refractivity contribution is 0.0927. The van der Waals surface area contributed by atoms with Crippen molar-refractivity contribution in [3.05, 3.63) is 36.0 Å². The minimum absolute atomic E-state index is 0.0477. The third-order valence-corrected chi connectivity index (χ3v) is 3.53.